The molecule has 14 heteroatoms. The Balaban J connectivity index is 1.90. The number of methoxy groups -OCH3 is 1. The maximum absolute atomic E-state index is 13.1. The number of allylic oxidation sites excluding steroid dienone is 1. The molecule has 0 aliphatic carbocycles. The summed E-state index contributed by atoms with van der Waals surface area (Å²) in [5.74, 6) is -4.92. The molecule has 1 aliphatic heterocycles. The Morgan fingerprint density at radius 2 is 1.90 bits per heavy atom. The standard InChI is InChI=1S/C25H20Cl2F3N3O5S/c1-3-38-18-7-4-12(8-17(18)27)20-14(10-31)23(33-22(35)21(20)24(36)37-2)39-11-19(34)32-13-5-6-16(26)15(9-13)25(28,29)30/h4-9,20-21H,3,11H2,1-2H3,(H,32,34)(H,33,35)/t20-,21+/m1/s1. The summed E-state index contributed by atoms with van der Waals surface area (Å²) >= 11 is 12.7. The van der Waals surface area contributed by atoms with Gasteiger partial charge < -0.3 is 20.1 Å². The van der Waals surface area contributed by atoms with Crippen LogP contribution in [0.1, 0.15) is 24.0 Å². The van der Waals surface area contributed by atoms with Crippen molar-refractivity contribution < 1.29 is 37.0 Å². The van der Waals surface area contributed by atoms with E-state index in [-0.39, 0.29) is 27.1 Å². The number of amides is 2. The van der Waals surface area contributed by atoms with E-state index < -0.39 is 46.4 Å². The van der Waals surface area contributed by atoms with Gasteiger partial charge in [0.05, 0.1) is 51.7 Å². The van der Waals surface area contributed by atoms with E-state index in [0.717, 1.165) is 24.9 Å². The monoisotopic (exact) mass is 601 g/mol. The molecular formula is C25H20Cl2F3N3O5S. The van der Waals surface area contributed by atoms with Crippen LogP contribution < -0.4 is 15.4 Å². The molecule has 2 N–H and O–H groups in total. The van der Waals surface area contributed by atoms with Crippen molar-refractivity contribution in [1.82, 2.24) is 5.32 Å². The van der Waals surface area contributed by atoms with Crippen molar-refractivity contribution in [3.8, 4) is 11.8 Å². The number of nitrogens with one attached hydrogen (secondary N) is 2. The smallest absolute Gasteiger partial charge is 0.417 e. The van der Waals surface area contributed by atoms with Gasteiger partial charge in [-0.3, -0.25) is 14.4 Å². The Morgan fingerprint density at radius 1 is 1.18 bits per heavy atom. The minimum Gasteiger partial charge on any atom is -0.492 e. The number of esters is 1. The van der Waals surface area contributed by atoms with Crippen molar-refractivity contribution in [2.45, 2.75) is 19.0 Å². The van der Waals surface area contributed by atoms with Crippen molar-refractivity contribution in [3.63, 3.8) is 0 Å². The number of hydrogen-bond donors (Lipinski definition) is 2. The van der Waals surface area contributed by atoms with Crippen LogP contribution in [0.4, 0.5) is 18.9 Å². The van der Waals surface area contributed by atoms with E-state index >= 15 is 0 Å². The predicted molar refractivity (Wildman–Crippen MR) is 139 cm³/mol. The second kappa shape index (κ2) is 12.6. The number of rotatable bonds is 8. The van der Waals surface area contributed by atoms with E-state index in [9.17, 15) is 32.8 Å². The van der Waals surface area contributed by atoms with Crippen LogP contribution in [0.3, 0.4) is 0 Å². The summed E-state index contributed by atoms with van der Waals surface area (Å²) in [4.78, 5) is 38.0. The van der Waals surface area contributed by atoms with Crippen LogP contribution in [0.15, 0.2) is 47.0 Å². The highest BCUT2D eigenvalue weighted by molar-refractivity contribution is 8.03. The number of carbonyl (C=O) groups is 3. The van der Waals surface area contributed by atoms with Gasteiger partial charge in [0.25, 0.3) is 0 Å². The van der Waals surface area contributed by atoms with Crippen LogP contribution in [-0.2, 0) is 25.3 Å². The predicted octanol–water partition coefficient (Wildman–Crippen LogP) is 5.52. The number of nitrogens with zero attached hydrogens (tertiary/aromatic N) is 1. The lowest BCUT2D eigenvalue weighted by Crippen LogP contribution is -2.44. The van der Waals surface area contributed by atoms with E-state index in [1.165, 1.54) is 12.1 Å². The van der Waals surface area contributed by atoms with Crippen LogP contribution in [-0.4, -0.2) is 37.3 Å². The first-order chi connectivity index (χ1) is 18.4. The lowest BCUT2D eigenvalue weighted by molar-refractivity contribution is -0.150. The number of carbonyl (C=O) groups excluding carboxylic acids is 3. The van der Waals surface area contributed by atoms with Gasteiger partial charge in [-0.1, -0.05) is 41.0 Å². The summed E-state index contributed by atoms with van der Waals surface area (Å²) in [7, 11) is 1.10. The van der Waals surface area contributed by atoms with Crippen molar-refractivity contribution in [2.24, 2.45) is 5.92 Å². The number of ether oxygens (including phenoxy) is 2. The van der Waals surface area contributed by atoms with Crippen LogP contribution in [0.25, 0.3) is 0 Å². The molecule has 3 rings (SSSR count). The van der Waals surface area contributed by atoms with E-state index in [2.05, 4.69) is 10.6 Å². The maximum Gasteiger partial charge on any atom is 0.417 e. The summed E-state index contributed by atoms with van der Waals surface area (Å²) < 4.78 is 49.6. The highest BCUT2D eigenvalue weighted by atomic mass is 35.5. The van der Waals surface area contributed by atoms with E-state index in [1.54, 1.807) is 19.1 Å². The zero-order valence-corrected chi connectivity index (χ0v) is 22.6. The van der Waals surface area contributed by atoms with Gasteiger partial charge in [0.15, 0.2) is 0 Å². The molecule has 8 nitrogen and oxygen atoms in total. The number of benzene rings is 2. The minimum atomic E-state index is -4.72. The second-order valence-corrected chi connectivity index (χ2v) is 9.77. The topological polar surface area (TPSA) is 118 Å². The zero-order valence-electron chi connectivity index (χ0n) is 20.3. The molecule has 0 saturated heterocycles. The van der Waals surface area contributed by atoms with Gasteiger partial charge in [-0.2, -0.15) is 18.4 Å². The van der Waals surface area contributed by atoms with Gasteiger partial charge in [-0.15, -0.1) is 0 Å². The van der Waals surface area contributed by atoms with Gasteiger partial charge in [0, 0.05) is 11.6 Å². The van der Waals surface area contributed by atoms with Crippen LogP contribution in [0, 0.1) is 17.2 Å². The fraction of sp³-hybridized carbons (Fsp3) is 0.280. The average Bonchev–Trinajstić information content (AvgIpc) is 2.88. The van der Waals surface area contributed by atoms with Gasteiger partial charge in [0.1, 0.15) is 11.7 Å². The molecule has 0 spiro atoms. The Bertz CT molecular complexity index is 1380. The SMILES string of the molecule is CCOc1ccc([C@@H]2C(C#N)=C(SCC(=O)Nc3ccc(Cl)c(C(F)(F)F)c3)NC(=O)[C@H]2C(=O)OC)cc1Cl. The fourth-order valence-electron chi connectivity index (χ4n) is 3.82. The van der Waals surface area contributed by atoms with E-state index in [1.807, 2.05) is 6.07 Å². The Hall–Kier alpha value is -3.40. The highest BCUT2D eigenvalue weighted by Gasteiger charge is 2.44. The zero-order chi connectivity index (χ0) is 28.9. The normalized spacial score (nSPS) is 17.2. The highest BCUT2D eigenvalue weighted by Crippen LogP contribution is 2.42. The third-order valence-corrected chi connectivity index (χ3v) is 7.14. The summed E-state index contributed by atoms with van der Waals surface area (Å²) in [6.07, 6.45) is -4.72. The molecule has 1 heterocycles. The molecular weight excluding hydrogens is 582 g/mol. The molecule has 0 unspecified atom stereocenters. The lowest BCUT2D eigenvalue weighted by Gasteiger charge is -2.31. The summed E-state index contributed by atoms with van der Waals surface area (Å²) in [6, 6.07) is 9.45. The number of alkyl halides is 3. The molecule has 2 aromatic carbocycles. The molecule has 1 aliphatic rings. The molecule has 0 radical (unpaired) electrons. The first-order valence-electron chi connectivity index (χ1n) is 11.2. The molecule has 206 valence electrons. The van der Waals surface area contributed by atoms with Crippen LogP contribution in [0.2, 0.25) is 10.0 Å². The molecule has 2 atom stereocenters. The molecule has 0 aromatic heterocycles. The number of anilines is 1. The van der Waals surface area contributed by atoms with Gasteiger partial charge >= 0.3 is 12.1 Å². The second-order valence-electron chi connectivity index (χ2n) is 7.97. The molecule has 2 amide bonds. The third-order valence-electron chi connectivity index (χ3n) is 5.50. The van der Waals surface area contributed by atoms with Crippen LogP contribution >= 0.6 is 35.0 Å². The van der Waals surface area contributed by atoms with Crippen LogP contribution in [0.5, 0.6) is 5.75 Å². The fourth-order valence-corrected chi connectivity index (χ4v) is 5.13. The van der Waals surface area contributed by atoms with Gasteiger partial charge in [-0.25, -0.2) is 0 Å². The Morgan fingerprint density at radius 3 is 2.49 bits per heavy atom. The van der Waals surface area contributed by atoms with E-state index in [4.69, 9.17) is 32.7 Å². The quantitative estimate of drug-likeness (QED) is 0.302. The number of hydrogen-bond acceptors (Lipinski definition) is 7. The van der Waals surface area contributed by atoms with Crippen molar-refractivity contribution in [2.75, 3.05) is 24.8 Å². The first-order valence-corrected chi connectivity index (χ1v) is 12.9. The third kappa shape index (κ3) is 6.98. The Labute approximate surface area is 235 Å². The number of thioether (sulfide) groups is 1. The summed E-state index contributed by atoms with van der Waals surface area (Å²) in [6.45, 7) is 2.11. The molecule has 0 saturated carbocycles. The maximum atomic E-state index is 13.1. The van der Waals surface area contributed by atoms with Crippen molar-refractivity contribution in [3.05, 3.63) is 68.2 Å². The first kappa shape index (κ1) is 30.1. The lowest BCUT2D eigenvalue weighted by atomic mass is 9.78. The van der Waals surface area contributed by atoms with Crippen molar-refractivity contribution in [1.29, 1.82) is 5.26 Å². The summed E-state index contributed by atoms with van der Waals surface area (Å²) in [5.41, 5.74) is -0.941. The number of halogens is 5. The Kier molecular flexibility index (Phi) is 9.77. The molecule has 39 heavy (non-hydrogen) atoms. The molecule has 0 bridgehead atoms. The minimum absolute atomic E-state index is 0.0000955. The average molecular weight is 602 g/mol. The largest absolute Gasteiger partial charge is 0.492 e. The number of nitriles is 1. The van der Waals surface area contributed by atoms with E-state index in [0.29, 0.717) is 24.0 Å². The van der Waals surface area contributed by atoms with Gasteiger partial charge in [0.2, 0.25) is 11.8 Å². The molecule has 0 fully saturated rings. The van der Waals surface area contributed by atoms with Gasteiger partial charge in [-0.05, 0) is 42.8 Å². The molecule has 2 aromatic rings. The summed E-state index contributed by atoms with van der Waals surface area (Å²) in [5, 5.41) is 14.4. The van der Waals surface area contributed by atoms with Crippen molar-refractivity contribution >= 4 is 58.4 Å².